The summed E-state index contributed by atoms with van der Waals surface area (Å²) in [7, 11) is -1.24. The lowest BCUT2D eigenvalue weighted by atomic mass is 10.2. The minimum Gasteiger partial charge on any atom is -0.313 e. The fourth-order valence-electron chi connectivity index (χ4n) is 1.97. The molecule has 1 fully saturated rings. The summed E-state index contributed by atoms with van der Waals surface area (Å²) in [4.78, 5) is 0.455. The highest BCUT2D eigenvalue weighted by atomic mass is 32.2. The molecule has 1 N–H and O–H groups in total. The van der Waals surface area contributed by atoms with Gasteiger partial charge in [0, 0.05) is 16.7 Å². The van der Waals surface area contributed by atoms with Gasteiger partial charge < -0.3 is 5.32 Å². The van der Waals surface area contributed by atoms with Crippen LogP contribution >= 0.6 is 0 Å². The second kappa shape index (κ2) is 5.40. The van der Waals surface area contributed by atoms with Crippen LogP contribution < -0.4 is 5.32 Å². The number of nitrogens with one attached hydrogen (secondary N) is 1. The third-order valence-corrected chi connectivity index (χ3v) is 4.46. The number of hydrogen-bond donors (Lipinski definition) is 1. The normalized spacial score (nSPS) is 22.1. The lowest BCUT2D eigenvalue weighted by Crippen LogP contribution is -2.27. The van der Waals surface area contributed by atoms with E-state index in [4.69, 9.17) is 0 Å². The lowest BCUT2D eigenvalue weighted by molar-refractivity contribution is -0.137. The largest absolute Gasteiger partial charge is 0.416 e. The molecular weight excluding hydrogens is 263 g/mol. The zero-order chi connectivity index (χ0) is 13.2. The Kier molecular flexibility index (Phi) is 4.07. The summed E-state index contributed by atoms with van der Waals surface area (Å²) >= 11 is 0. The second-order valence-electron chi connectivity index (χ2n) is 4.33. The van der Waals surface area contributed by atoms with E-state index in [1.165, 1.54) is 12.1 Å². The average molecular weight is 277 g/mol. The second-order valence-corrected chi connectivity index (χ2v) is 5.82. The Hall–Kier alpha value is -0.880. The van der Waals surface area contributed by atoms with Crippen molar-refractivity contribution in [1.82, 2.24) is 5.32 Å². The van der Waals surface area contributed by atoms with Crippen LogP contribution in [0.15, 0.2) is 29.2 Å². The van der Waals surface area contributed by atoms with Gasteiger partial charge in [-0.2, -0.15) is 13.2 Å². The molecule has 0 spiro atoms. The van der Waals surface area contributed by atoms with Crippen molar-refractivity contribution >= 4 is 10.8 Å². The average Bonchev–Trinajstić information content (AvgIpc) is 2.81. The number of benzene rings is 1. The molecule has 2 atom stereocenters. The summed E-state index contributed by atoms with van der Waals surface area (Å²) in [6.45, 7) is 0.925. The minimum atomic E-state index is -4.34. The first kappa shape index (κ1) is 13.5. The minimum absolute atomic E-state index is 0.216. The van der Waals surface area contributed by atoms with Crippen LogP contribution in [0.3, 0.4) is 0 Å². The predicted molar refractivity (Wildman–Crippen MR) is 63.7 cm³/mol. The maximum Gasteiger partial charge on any atom is 0.416 e. The summed E-state index contributed by atoms with van der Waals surface area (Å²) in [6, 6.07) is 4.78. The summed E-state index contributed by atoms with van der Waals surface area (Å²) < 4.78 is 49.0. The summed E-state index contributed by atoms with van der Waals surface area (Å²) in [5.41, 5.74) is -0.706. The van der Waals surface area contributed by atoms with Gasteiger partial charge in [0.2, 0.25) is 0 Å². The molecule has 0 amide bonds. The van der Waals surface area contributed by atoms with Crippen molar-refractivity contribution in [3.8, 4) is 0 Å². The highest BCUT2D eigenvalue weighted by molar-refractivity contribution is 7.85. The quantitative estimate of drug-likeness (QED) is 0.920. The Morgan fingerprint density at radius 3 is 2.44 bits per heavy atom. The molecule has 6 heteroatoms. The number of halogens is 3. The first-order chi connectivity index (χ1) is 8.47. The zero-order valence-electron chi connectivity index (χ0n) is 9.67. The molecule has 0 saturated carbocycles. The standard InChI is InChI=1S/C12H14F3NOS/c13-12(14,15)9-3-5-11(6-4-9)18(17)8-10-2-1-7-16-10/h3-6,10,16H,1-2,7-8H2. The van der Waals surface area contributed by atoms with Crippen molar-refractivity contribution in [1.29, 1.82) is 0 Å². The van der Waals surface area contributed by atoms with E-state index < -0.39 is 22.5 Å². The molecular formula is C12H14F3NOS. The van der Waals surface area contributed by atoms with Gasteiger partial charge >= 0.3 is 6.18 Å². The fraction of sp³-hybridized carbons (Fsp3) is 0.500. The molecule has 1 heterocycles. The van der Waals surface area contributed by atoms with Gasteiger partial charge in [-0.1, -0.05) is 0 Å². The summed E-state index contributed by atoms with van der Waals surface area (Å²) in [5, 5.41) is 3.22. The maximum atomic E-state index is 12.4. The fourth-order valence-corrected chi connectivity index (χ4v) is 3.26. The highest BCUT2D eigenvalue weighted by Gasteiger charge is 2.30. The smallest absolute Gasteiger partial charge is 0.313 e. The van der Waals surface area contributed by atoms with Crippen LogP contribution in [-0.4, -0.2) is 22.5 Å². The summed E-state index contributed by atoms with van der Waals surface area (Å²) in [5.74, 6) is 0.464. The van der Waals surface area contributed by atoms with E-state index in [0.717, 1.165) is 31.5 Å². The zero-order valence-corrected chi connectivity index (χ0v) is 10.5. The Morgan fingerprint density at radius 2 is 1.94 bits per heavy atom. The van der Waals surface area contributed by atoms with E-state index in [9.17, 15) is 17.4 Å². The number of hydrogen-bond acceptors (Lipinski definition) is 2. The molecule has 2 unspecified atom stereocenters. The first-order valence-corrected chi connectivity index (χ1v) is 7.08. The highest BCUT2D eigenvalue weighted by Crippen LogP contribution is 2.29. The van der Waals surface area contributed by atoms with Crippen molar-refractivity contribution < 1.29 is 17.4 Å². The topological polar surface area (TPSA) is 29.1 Å². The van der Waals surface area contributed by atoms with Crippen LogP contribution in [-0.2, 0) is 17.0 Å². The van der Waals surface area contributed by atoms with Gasteiger partial charge in [-0.25, -0.2) is 0 Å². The Balaban J connectivity index is 2.02. The Morgan fingerprint density at radius 1 is 1.28 bits per heavy atom. The van der Waals surface area contributed by atoms with Crippen molar-refractivity contribution in [3.63, 3.8) is 0 Å². The third-order valence-electron chi connectivity index (χ3n) is 2.96. The van der Waals surface area contributed by atoms with Gasteiger partial charge in [0.05, 0.1) is 16.4 Å². The van der Waals surface area contributed by atoms with Crippen LogP contribution in [0.4, 0.5) is 13.2 Å². The number of rotatable bonds is 3. The van der Waals surface area contributed by atoms with Crippen molar-refractivity contribution in [3.05, 3.63) is 29.8 Å². The van der Waals surface area contributed by atoms with E-state index in [0.29, 0.717) is 10.6 Å². The van der Waals surface area contributed by atoms with E-state index in [-0.39, 0.29) is 6.04 Å². The maximum absolute atomic E-state index is 12.4. The summed E-state index contributed by atoms with van der Waals surface area (Å²) in [6.07, 6.45) is -2.30. The molecule has 2 nitrogen and oxygen atoms in total. The molecule has 1 aromatic carbocycles. The monoisotopic (exact) mass is 277 g/mol. The molecule has 1 aliphatic heterocycles. The lowest BCUT2D eigenvalue weighted by Gasteiger charge is -2.11. The molecule has 1 aromatic rings. The predicted octanol–water partition coefficient (Wildman–Crippen LogP) is 2.57. The van der Waals surface area contributed by atoms with E-state index in [2.05, 4.69) is 5.32 Å². The van der Waals surface area contributed by atoms with Gasteiger partial charge in [0.15, 0.2) is 0 Å². The van der Waals surface area contributed by atoms with Crippen molar-refractivity contribution in [2.75, 3.05) is 12.3 Å². The van der Waals surface area contributed by atoms with E-state index >= 15 is 0 Å². The first-order valence-electron chi connectivity index (χ1n) is 5.76. The van der Waals surface area contributed by atoms with Crippen LogP contribution in [0.25, 0.3) is 0 Å². The molecule has 0 aromatic heterocycles. The third kappa shape index (κ3) is 3.32. The van der Waals surface area contributed by atoms with E-state index in [1.807, 2.05) is 0 Å². The van der Waals surface area contributed by atoms with Gasteiger partial charge in [-0.05, 0) is 43.7 Å². The molecule has 0 radical (unpaired) electrons. The van der Waals surface area contributed by atoms with Gasteiger partial charge in [0.25, 0.3) is 0 Å². The molecule has 100 valence electrons. The van der Waals surface area contributed by atoms with Crippen LogP contribution in [0, 0.1) is 0 Å². The Bertz CT molecular complexity index is 424. The van der Waals surface area contributed by atoms with Crippen molar-refractivity contribution in [2.24, 2.45) is 0 Å². The van der Waals surface area contributed by atoms with Crippen LogP contribution in [0.2, 0.25) is 0 Å². The molecule has 0 bridgehead atoms. The van der Waals surface area contributed by atoms with Gasteiger partial charge in [-0.15, -0.1) is 0 Å². The van der Waals surface area contributed by atoms with Crippen molar-refractivity contribution in [2.45, 2.75) is 30.0 Å². The molecule has 0 aliphatic carbocycles. The molecule has 18 heavy (non-hydrogen) atoms. The van der Waals surface area contributed by atoms with Crippen LogP contribution in [0.5, 0.6) is 0 Å². The van der Waals surface area contributed by atoms with Crippen LogP contribution in [0.1, 0.15) is 18.4 Å². The molecule has 1 saturated heterocycles. The van der Waals surface area contributed by atoms with Gasteiger partial charge in [0.1, 0.15) is 0 Å². The van der Waals surface area contributed by atoms with Gasteiger partial charge in [-0.3, -0.25) is 4.21 Å². The SMILES string of the molecule is O=S(CC1CCCN1)c1ccc(C(F)(F)F)cc1. The molecule has 1 aliphatic rings. The molecule has 2 rings (SSSR count). The van der Waals surface area contributed by atoms with E-state index in [1.54, 1.807) is 0 Å². The number of alkyl halides is 3. The Labute approximate surface area is 106 Å².